The largest absolute Gasteiger partial charge is 0.251 e. The summed E-state index contributed by atoms with van der Waals surface area (Å²) < 4.78 is 0. The molecule has 3 aromatic rings. The molecule has 3 rings (SSSR count). The summed E-state index contributed by atoms with van der Waals surface area (Å²) in [6, 6.07) is 18.5. The second-order valence-corrected chi connectivity index (χ2v) is 7.28. The third-order valence-electron chi connectivity index (χ3n) is 4.93. The molecule has 1 heterocycles. The molecule has 3 heteroatoms. The van der Waals surface area contributed by atoms with Crippen LogP contribution in [-0.2, 0) is 0 Å². The first-order valence-corrected chi connectivity index (χ1v) is 9.57. The molecule has 142 valence electrons. The molecule has 0 aliphatic heterocycles. The van der Waals surface area contributed by atoms with Gasteiger partial charge in [-0.25, -0.2) is 4.98 Å². The van der Waals surface area contributed by atoms with Crippen molar-refractivity contribution >= 4 is 22.8 Å². The van der Waals surface area contributed by atoms with Crippen LogP contribution in [-0.4, -0.2) is 16.4 Å². The minimum Gasteiger partial charge on any atom is -0.251 e. The Morgan fingerprint density at radius 1 is 0.571 bits per heavy atom. The van der Waals surface area contributed by atoms with Crippen molar-refractivity contribution in [2.75, 3.05) is 0 Å². The Labute approximate surface area is 167 Å². The van der Waals surface area contributed by atoms with Crippen LogP contribution in [0.25, 0.3) is 0 Å². The molecule has 0 radical (unpaired) electrons. The number of nitrogens with zero attached hydrogens (tertiary/aromatic N) is 3. The van der Waals surface area contributed by atoms with Gasteiger partial charge in [0.1, 0.15) is 0 Å². The van der Waals surface area contributed by atoms with E-state index in [4.69, 9.17) is 15.0 Å². The number of benzene rings is 2. The molecule has 0 amide bonds. The number of aromatic nitrogens is 1. The molecule has 0 atom stereocenters. The van der Waals surface area contributed by atoms with E-state index in [1.54, 1.807) is 0 Å². The lowest BCUT2D eigenvalue weighted by Gasteiger charge is -2.09. The molecule has 28 heavy (non-hydrogen) atoms. The summed E-state index contributed by atoms with van der Waals surface area (Å²) in [4.78, 5) is 14.5. The molecule has 0 saturated carbocycles. The Kier molecular flexibility index (Phi) is 5.84. The molecular weight excluding hydrogens is 342 g/mol. The zero-order valence-corrected chi connectivity index (χ0v) is 17.5. The Hall–Kier alpha value is -3.07. The van der Waals surface area contributed by atoms with E-state index in [0.29, 0.717) is 0 Å². The zero-order valence-electron chi connectivity index (χ0n) is 17.5. The van der Waals surface area contributed by atoms with Crippen molar-refractivity contribution in [2.24, 2.45) is 9.98 Å². The first-order chi connectivity index (χ1) is 13.4. The molecule has 0 aliphatic carbocycles. The monoisotopic (exact) mass is 369 g/mol. The standard InChI is InChI=1S/C25H27N3/c1-16-10-7-11-17(2)24(16)26-20(5)22-14-9-15-23(28-22)21(6)27-25-18(3)12-8-13-19(25)4/h7-15H,1-6H3. The van der Waals surface area contributed by atoms with Crippen LogP contribution in [0, 0.1) is 27.7 Å². The maximum absolute atomic E-state index is 4.86. The fourth-order valence-electron chi connectivity index (χ4n) is 3.25. The first-order valence-electron chi connectivity index (χ1n) is 9.57. The number of rotatable bonds is 4. The smallest absolute Gasteiger partial charge is 0.0849 e. The van der Waals surface area contributed by atoms with Crippen molar-refractivity contribution in [3.8, 4) is 0 Å². The van der Waals surface area contributed by atoms with Gasteiger partial charge in [-0.1, -0.05) is 42.5 Å². The van der Waals surface area contributed by atoms with Crippen LogP contribution in [0.2, 0.25) is 0 Å². The van der Waals surface area contributed by atoms with Crippen LogP contribution >= 0.6 is 0 Å². The molecule has 0 fully saturated rings. The lowest BCUT2D eigenvalue weighted by Crippen LogP contribution is -2.05. The highest BCUT2D eigenvalue weighted by atomic mass is 14.8. The van der Waals surface area contributed by atoms with Crippen LogP contribution in [0.15, 0.2) is 64.6 Å². The average molecular weight is 370 g/mol. The van der Waals surface area contributed by atoms with E-state index in [2.05, 4.69) is 64.1 Å². The molecule has 0 N–H and O–H groups in total. The lowest BCUT2D eigenvalue weighted by atomic mass is 10.1. The van der Waals surface area contributed by atoms with Gasteiger partial charge in [0.2, 0.25) is 0 Å². The van der Waals surface area contributed by atoms with Gasteiger partial charge in [0.25, 0.3) is 0 Å². The normalized spacial score (nSPS) is 12.4. The third kappa shape index (κ3) is 4.25. The first kappa shape index (κ1) is 19.7. The average Bonchev–Trinajstić information content (AvgIpc) is 2.67. The van der Waals surface area contributed by atoms with E-state index < -0.39 is 0 Å². The van der Waals surface area contributed by atoms with Crippen molar-refractivity contribution in [3.05, 3.63) is 88.2 Å². The van der Waals surface area contributed by atoms with Crippen molar-refractivity contribution in [2.45, 2.75) is 41.5 Å². The highest BCUT2D eigenvalue weighted by molar-refractivity contribution is 6.02. The Bertz CT molecular complexity index is 952. The number of pyridine rings is 1. The summed E-state index contributed by atoms with van der Waals surface area (Å²) in [5.41, 5.74) is 10.3. The molecule has 0 bridgehead atoms. The summed E-state index contributed by atoms with van der Waals surface area (Å²) in [7, 11) is 0. The molecule has 0 spiro atoms. The minimum absolute atomic E-state index is 0.871. The molecular formula is C25H27N3. The van der Waals surface area contributed by atoms with E-state index >= 15 is 0 Å². The Morgan fingerprint density at radius 2 is 0.893 bits per heavy atom. The van der Waals surface area contributed by atoms with Crippen LogP contribution in [0.5, 0.6) is 0 Å². The number of hydrogen-bond donors (Lipinski definition) is 0. The predicted molar refractivity (Wildman–Crippen MR) is 120 cm³/mol. The van der Waals surface area contributed by atoms with Gasteiger partial charge in [0.05, 0.1) is 34.2 Å². The quantitative estimate of drug-likeness (QED) is 0.478. The van der Waals surface area contributed by atoms with Crippen LogP contribution in [0.1, 0.15) is 47.5 Å². The van der Waals surface area contributed by atoms with Gasteiger partial charge in [-0.15, -0.1) is 0 Å². The third-order valence-corrected chi connectivity index (χ3v) is 4.93. The zero-order chi connectivity index (χ0) is 20.3. The topological polar surface area (TPSA) is 37.6 Å². The predicted octanol–water partition coefficient (Wildman–Crippen LogP) is 6.60. The number of aryl methyl sites for hydroxylation is 4. The number of hydrogen-bond acceptors (Lipinski definition) is 3. The van der Waals surface area contributed by atoms with E-state index in [9.17, 15) is 0 Å². The van der Waals surface area contributed by atoms with Crippen molar-refractivity contribution in [1.29, 1.82) is 0 Å². The second kappa shape index (κ2) is 8.30. The summed E-state index contributed by atoms with van der Waals surface area (Å²) in [5.74, 6) is 0. The van der Waals surface area contributed by atoms with Crippen LogP contribution in [0.4, 0.5) is 11.4 Å². The maximum atomic E-state index is 4.86. The maximum Gasteiger partial charge on any atom is 0.0849 e. The summed E-state index contributed by atoms with van der Waals surface area (Å²) in [5, 5.41) is 0. The highest BCUT2D eigenvalue weighted by Gasteiger charge is 2.08. The van der Waals surface area contributed by atoms with Crippen molar-refractivity contribution < 1.29 is 0 Å². The molecule has 0 unspecified atom stereocenters. The lowest BCUT2D eigenvalue weighted by molar-refractivity contribution is 1.23. The van der Waals surface area contributed by atoms with Crippen molar-refractivity contribution in [1.82, 2.24) is 4.98 Å². The Balaban J connectivity index is 1.98. The fraction of sp³-hybridized carbons (Fsp3) is 0.240. The summed E-state index contributed by atoms with van der Waals surface area (Å²) in [6.45, 7) is 12.4. The van der Waals surface area contributed by atoms with E-state index in [0.717, 1.165) is 34.2 Å². The molecule has 0 saturated heterocycles. The van der Waals surface area contributed by atoms with E-state index in [1.165, 1.54) is 22.3 Å². The van der Waals surface area contributed by atoms with E-state index in [-0.39, 0.29) is 0 Å². The summed E-state index contributed by atoms with van der Waals surface area (Å²) >= 11 is 0. The molecule has 0 aliphatic rings. The SMILES string of the molecule is CC(=Nc1c(C)cccc1C)c1cccc(C(C)=Nc2c(C)cccc2C)n1. The second-order valence-electron chi connectivity index (χ2n) is 7.28. The van der Waals surface area contributed by atoms with Gasteiger partial charge in [-0.2, -0.15) is 0 Å². The van der Waals surface area contributed by atoms with Gasteiger partial charge in [0.15, 0.2) is 0 Å². The highest BCUT2D eigenvalue weighted by Crippen LogP contribution is 2.25. The summed E-state index contributed by atoms with van der Waals surface area (Å²) in [6.07, 6.45) is 0. The van der Waals surface area contributed by atoms with Gasteiger partial charge >= 0.3 is 0 Å². The molecule has 2 aromatic carbocycles. The number of aliphatic imine (C=N–C) groups is 2. The molecule has 1 aromatic heterocycles. The van der Waals surface area contributed by atoms with Crippen molar-refractivity contribution in [3.63, 3.8) is 0 Å². The van der Waals surface area contributed by atoms with E-state index in [1.807, 2.05) is 32.0 Å². The van der Waals surface area contributed by atoms with Gasteiger partial charge in [-0.3, -0.25) is 9.98 Å². The van der Waals surface area contributed by atoms with Gasteiger partial charge in [-0.05, 0) is 75.9 Å². The number of para-hydroxylation sites is 2. The van der Waals surface area contributed by atoms with Crippen LogP contribution in [0.3, 0.4) is 0 Å². The van der Waals surface area contributed by atoms with Crippen LogP contribution < -0.4 is 0 Å². The Morgan fingerprint density at radius 3 is 1.25 bits per heavy atom. The van der Waals surface area contributed by atoms with Gasteiger partial charge in [0, 0.05) is 0 Å². The van der Waals surface area contributed by atoms with Gasteiger partial charge < -0.3 is 0 Å². The molecule has 3 nitrogen and oxygen atoms in total. The fourth-order valence-corrected chi connectivity index (χ4v) is 3.25. The minimum atomic E-state index is 0.871.